The number of likely N-dealkylation sites (tertiary alicyclic amines) is 1. The number of aliphatic hydroxyl groups excluding tert-OH is 1. The first-order chi connectivity index (χ1) is 12.5. The number of aliphatic hydroxyl groups is 1. The molecule has 0 spiro atoms. The topological polar surface area (TPSA) is 108 Å². The van der Waals surface area contributed by atoms with Crippen molar-refractivity contribution in [2.45, 2.75) is 50.3 Å². The van der Waals surface area contributed by atoms with E-state index in [0.29, 0.717) is 25.9 Å². The Morgan fingerprint density at radius 3 is 2.37 bits per heavy atom. The van der Waals surface area contributed by atoms with E-state index in [2.05, 4.69) is 10.6 Å². The number of carbonyl (C=O) groups excluding carboxylic acids is 2. The van der Waals surface area contributed by atoms with Gasteiger partial charge in [-0.1, -0.05) is 18.2 Å². The molecule has 5 N–H and O–H groups in total. The number of nitrogens with one attached hydrogen (secondary N) is 2. The summed E-state index contributed by atoms with van der Waals surface area (Å²) in [6.07, 6.45) is 2.72. The monoisotopic (exact) mass is 396 g/mol. The second kappa shape index (κ2) is 9.92. The highest BCUT2D eigenvalue weighted by atomic mass is 35.5. The Bertz CT molecular complexity index is 623. The van der Waals surface area contributed by atoms with Crippen molar-refractivity contribution in [3.05, 3.63) is 30.3 Å². The molecule has 0 unspecified atom stereocenters. The fourth-order valence-electron chi connectivity index (χ4n) is 3.68. The predicted octanol–water partition coefficient (Wildman–Crippen LogP) is 1.71. The van der Waals surface area contributed by atoms with Gasteiger partial charge in [0.15, 0.2) is 0 Å². The van der Waals surface area contributed by atoms with Gasteiger partial charge in [-0.3, -0.25) is 4.79 Å². The third-order valence-electron chi connectivity index (χ3n) is 5.39. The highest BCUT2D eigenvalue weighted by Gasteiger charge is 2.32. The highest BCUT2D eigenvalue weighted by molar-refractivity contribution is 5.89. The molecule has 1 aliphatic carbocycles. The van der Waals surface area contributed by atoms with E-state index in [0.717, 1.165) is 24.9 Å². The van der Waals surface area contributed by atoms with Gasteiger partial charge in [-0.25, -0.2) is 4.79 Å². The summed E-state index contributed by atoms with van der Waals surface area (Å²) in [6, 6.07) is 9.14. The largest absolute Gasteiger partial charge is 0.391 e. The van der Waals surface area contributed by atoms with Crippen molar-refractivity contribution in [2.75, 3.05) is 18.4 Å². The van der Waals surface area contributed by atoms with Crippen LogP contribution in [0.4, 0.5) is 10.5 Å². The summed E-state index contributed by atoms with van der Waals surface area (Å²) >= 11 is 0. The number of halogens is 1. The van der Waals surface area contributed by atoms with Gasteiger partial charge in [0.1, 0.15) is 0 Å². The van der Waals surface area contributed by atoms with E-state index in [1.165, 1.54) is 0 Å². The first-order valence-electron chi connectivity index (χ1n) is 9.38. The minimum absolute atomic E-state index is 0. The van der Waals surface area contributed by atoms with Gasteiger partial charge in [0, 0.05) is 36.8 Å². The molecule has 7 nitrogen and oxygen atoms in total. The number of hydrogen-bond acceptors (Lipinski definition) is 4. The molecule has 1 aliphatic heterocycles. The summed E-state index contributed by atoms with van der Waals surface area (Å²) in [7, 11) is 0. The molecule has 1 saturated heterocycles. The number of urea groups is 1. The molecular weight excluding hydrogens is 368 g/mol. The normalized spacial score (nSPS) is 26.0. The van der Waals surface area contributed by atoms with Crippen molar-refractivity contribution in [3.63, 3.8) is 0 Å². The number of para-hydroxylation sites is 1. The standard InChI is InChI=1S/C19H28N4O3.ClH/c20-16-7-6-13(12-17(16)24)18(25)21-15-8-10-23(11-9-15)19(26)22-14-4-2-1-3-5-14;/h1-5,13,15-17,24H,6-12,20H2,(H,21,25)(H,22,26);1H/t13-,16-,17-;/m0./s1. The molecule has 0 aromatic heterocycles. The number of amides is 3. The molecule has 2 fully saturated rings. The van der Waals surface area contributed by atoms with Gasteiger partial charge < -0.3 is 26.4 Å². The lowest BCUT2D eigenvalue weighted by atomic mass is 9.83. The van der Waals surface area contributed by atoms with Gasteiger partial charge in [-0.2, -0.15) is 0 Å². The lowest BCUT2D eigenvalue weighted by Crippen LogP contribution is -2.50. The van der Waals surface area contributed by atoms with E-state index >= 15 is 0 Å². The van der Waals surface area contributed by atoms with Crippen LogP contribution in [0.25, 0.3) is 0 Å². The number of hydrogen-bond donors (Lipinski definition) is 4. The van der Waals surface area contributed by atoms with Crippen molar-refractivity contribution < 1.29 is 14.7 Å². The minimum atomic E-state index is -0.594. The van der Waals surface area contributed by atoms with Crippen molar-refractivity contribution >= 4 is 30.0 Å². The number of nitrogens with zero attached hydrogens (tertiary/aromatic N) is 1. The summed E-state index contributed by atoms with van der Waals surface area (Å²) in [5, 5.41) is 15.8. The Morgan fingerprint density at radius 1 is 1.07 bits per heavy atom. The Morgan fingerprint density at radius 2 is 1.74 bits per heavy atom. The molecule has 1 heterocycles. The average molecular weight is 397 g/mol. The zero-order valence-corrected chi connectivity index (χ0v) is 16.2. The molecule has 3 atom stereocenters. The molecular formula is C19H29ClN4O3. The highest BCUT2D eigenvalue weighted by Crippen LogP contribution is 2.24. The predicted molar refractivity (Wildman–Crippen MR) is 107 cm³/mol. The molecule has 1 saturated carbocycles. The van der Waals surface area contributed by atoms with Crippen molar-refractivity contribution in [2.24, 2.45) is 11.7 Å². The lowest BCUT2D eigenvalue weighted by Gasteiger charge is -2.34. The molecule has 8 heteroatoms. The van der Waals surface area contributed by atoms with Gasteiger partial charge in [-0.15, -0.1) is 12.4 Å². The summed E-state index contributed by atoms with van der Waals surface area (Å²) in [6.45, 7) is 1.23. The molecule has 0 radical (unpaired) electrons. The zero-order chi connectivity index (χ0) is 18.5. The molecule has 27 heavy (non-hydrogen) atoms. The van der Waals surface area contributed by atoms with Crippen LogP contribution in [0.15, 0.2) is 30.3 Å². The third-order valence-corrected chi connectivity index (χ3v) is 5.39. The zero-order valence-electron chi connectivity index (χ0n) is 15.3. The molecule has 0 bridgehead atoms. The maximum atomic E-state index is 12.4. The van der Waals surface area contributed by atoms with Crippen LogP contribution in [0.2, 0.25) is 0 Å². The number of piperidine rings is 1. The summed E-state index contributed by atoms with van der Waals surface area (Å²) in [5.74, 6) is -0.160. The maximum Gasteiger partial charge on any atom is 0.321 e. The van der Waals surface area contributed by atoms with Crippen LogP contribution in [0.3, 0.4) is 0 Å². The van der Waals surface area contributed by atoms with E-state index in [-0.39, 0.29) is 42.3 Å². The van der Waals surface area contributed by atoms with E-state index in [1.54, 1.807) is 4.90 Å². The van der Waals surface area contributed by atoms with Gasteiger partial charge in [0.05, 0.1) is 6.10 Å². The molecule has 1 aromatic rings. The number of carbonyl (C=O) groups is 2. The molecule has 2 aliphatic rings. The van der Waals surface area contributed by atoms with E-state index in [9.17, 15) is 14.7 Å². The Balaban J connectivity index is 0.00000261. The second-order valence-electron chi connectivity index (χ2n) is 7.31. The molecule has 150 valence electrons. The number of rotatable bonds is 3. The van der Waals surface area contributed by atoms with E-state index in [1.807, 2.05) is 30.3 Å². The fraction of sp³-hybridized carbons (Fsp3) is 0.579. The van der Waals surface area contributed by atoms with Crippen LogP contribution in [-0.2, 0) is 4.79 Å². The second-order valence-corrected chi connectivity index (χ2v) is 7.31. The van der Waals surface area contributed by atoms with E-state index in [4.69, 9.17) is 5.73 Å². The minimum Gasteiger partial charge on any atom is -0.391 e. The van der Waals surface area contributed by atoms with E-state index < -0.39 is 6.10 Å². The van der Waals surface area contributed by atoms with Gasteiger partial charge >= 0.3 is 6.03 Å². The van der Waals surface area contributed by atoms with Crippen LogP contribution in [-0.4, -0.2) is 53.2 Å². The average Bonchev–Trinajstić information content (AvgIpc) is 2.65. The smallest absolute Gasteiger partial charge is 0.321 e. The van der Waals surface area contributed by atoms with Crippen molar-refractivity contribution in [3.8, 4) is 0 Å². The fourth-order valence-corrected chi connectivity index (χ4v) is 3.68. The first-order valence-corrected chi connectivity index (χ1v) is 9.38. The quantitative estimate of drug-likeness (QED) is 0.623. The van der Waals surface area contributed by atoms with Crippen LogP contribution < -0.4 is 16.4 Å². The Kier molecular flexibility index (Phi) is 7.89. The van der Waals surface area contributed by atoms with Crippen molar-refractivity contribution in [1.82, 2.24) is 10.2 Å². The van der Waals surface area contributed by atoms with Crippen molar-refractivity contribution in [1.29, 1.82) is 0 Å². The van der Waals surface area contributed by atoms with Crippen LogP contribution in [0.1, 0.15) is 32.1 Å². The molecule has 3 rings (SSSR count). The number of anilines is 1. The summed E-state index contributed by atoms with van der Waals surface area (Å²) in [5.41, 5.74) is 6.58. The first kappa shape index (κ1) is 21.5. The Hall–Kier alpha value is -1.83. The SMILES string of the molecule is Cl.N[C@H]1CC[C@H](C(=O)NC2CCN(C(=O)Nc3ccccc3)CC2)C[C@@H]1O. The van der Waals surface area contributed by atoms with Gasteiger partial charge in [0.25, 0.3) is 0 Å². The Labute approximate surface area is 166 Å². The van der Waals surface area contributed by atoms with Crippen LogP contribution in [0, 0.1) is 5.92 Å². The van der Waals surface area contributed by atoms with Gasteiger partial charge in [0.2, 0.25) is 5.91 Å². The number of benzene rings is 1. The molecule has 1 aromatic carbocycles. The lowest BCUT2D eigenvalue weighted by molar-refractivity contribution is -0.128. The third kappa shape index (κ3) is 5.82. The maximum absolute atomic E-state index is 12.4. The van der Waals surface area contributed by atoms with Crippen LogP contribution >= 0.6 is 12.4 Å². The number of nitrogens with two attached hydrogens (primary N) is 1. The van der Waals surface area contributed by atoms with Gasteiger partial charge in [-0.05, 0) is 44.2 Å². The summed E-state index contributed by atoms with van der Waals surface area (Å²) in [4.78, 5) is 26.5. The summed E-state index contributed by atoms with van der Waals surface area (Å²) < 4.78 is 0. The molecule has 3 amide bonds. The van der Waals surface area contributed by atoms with Crippen LogP contribution in [0.5, 0.6) is 0 Å².